The van der Waals surface area contributed by atoms with E-state index in [4.69, 9.17) is 11.6 Å². The number of nitrogens with zero attached hydrogens (tertiary/aromatic N) is 1. The molecule has 0 aromatic heterocycles. The van der Waals surface area contributed by atoms with E-state index in [0.717, 1.165) is 18.5 Å². The molecule has 1 aromatic carbocycles. The van der Waals surface area contributed by atoms with Crippen LogP contribution >= 0.6 is 11.6 Å². The van der Waals surface area contributed by atoms with Crippen LogP contribution in [0, 0.1) is 0 Å². The third kappa shape index (κ3) is 2.08. The molecule has 1 aliphatic heterocycles. The molecule has 0 bridgehead atoms. The van der Waals surface area contributed by atoms with Crippen LogP contribution in [-0.2, 0) is 9.59 Å². The number of benzene rings is 1. The Morgan fingerprint density at radius 2 is 1.83 bits per heavy atom. The van der Waals surface area contributed by atoms with Gasteiger partial charge in [-0.05, 0) is 37.1 Å². The van der Waals surface area contributed by atoms with Crippen LogP contribution in [0.2, 0.25) is 5.02 Å². The fourth-order valence-corrected chi connectivity index (χ4v) is 2.35. The second-order valence-corrected chi connectivity index (χ2v) is 5.18. The van der Waals surface area contributed by atoms with Gasteiger partial charge in [-0.15, -0.1) is 0 Å². The second kappa shape index (κ2) is 4.28. The van der Waals surface area contributed by atoms with Gasteiger partial charge in [0.05, 0.1) is 6.42 Å². The van der Waals surface area contributed by atoms with Crippen LogP contribution in [0.3, 0.4) is 0 Å². The first kappa shape index (κ1) is 11.5. The molecule has 1 N–H and O–H groups in total. The van der Waals surface area contributed by atoms with Crippen molar-refractivity contribution in [3.8, 4) is 0 Å². The molecule has 5 heteroatoms. The van der Waals surface area contributed by atoms with Gasteiger partial charge in [-0.1, -0.05) is 11.6 Å². The summed E-state index contributed by atoms with van der Waals surface area (Å²) in [6.45, 7) is 0. The van der Waals surface area contributed by atoms with E-state index in [1.807, 2.05) is 0 Å². The summed E-state index contributed by atoms with van der Waals surface area (Å²) in [7, 11) is 0. The third-order valence-electron chi connectivity index (χ3n) is 3.28. The molecule has 0 radical (unpaired) electrons. The maximum Gasteiger partial charge on any atom is 0.252 e. The Labute approximate surface area is 110 Å². The van der Waals surface area contributed by atoms with Gasteiger partial charge in [0.15, 0.2) is 0 Å². The Bertz CT molecular complexity index is 496. The summed E-state index contributed by atoms with van der Waals surface area (Å²) in [6.07, 6.45) is 2.15. The van der Waals surface area contributed by atoms with Gasteiger partial charge >= 0.3 is 0 Å². The van der Waals surface area contributed by atoms with Gasteiger partial charge in [0, 0.05) is 16.8 Å². The van der Waals surface area contributed by atoms with Crippen molar-refractivity contribution in [3.63, 3.8) is 0 Å². The fourth-order valence-electron chi connectivity index (χ4n) is 2.23. The number of imide groups is 1. The minimum atomic E-state index is -0.431. The summed E-state index contributed by atoms with van der Waals surface area (Å²) in [5.41, 5.74) is 0.809. The molecule has 1 heterocycles. The summed E-state index contributed by atoms with van der Waals surface area (Å²) in [4.78, 5) is 25.3. The molecule has 3 rings (SSSR count). The quantitative estimate of drug-likeness (QED) is 0.850. The second-order valence-electron chi connectivity index (χ2n) is 4.74. The van der Waals surface area contributed by atoms with E-state index in [1.165, 1.54) is 4.90 Å². The van der Waals surface area contributed by atoms with Crippen LogP contribution in [0.1, 0.15) is 19.3 Å². The lowest BCUT2D eigenvalue weighted by atomic mass is 10.2. The number of carbonyl (C=O) groups excluding carboxylic acids is 2. The smallest absolute Gasteiger partial charge is 0.252 e. The first-order valence-electron chi connectivity index (χ1n) is 6.03. The lowest BCUT2D eigenvalue weighted by molar-refractivity contribution is -0.139. The zero-order chi connectivity index (χ0) is 12.7. The number of hydrogen-bond donors (Lipinski definition) is 1. The Balaban J connectivity index is 1.72. The number of rotatable bonds is 3. The van der Waals surface area contributed by atoms with E-state index in [-0.39, 0.29) is 24.3 Å². The minimum absolute atomic E-state index is 0.0611. The standard InChI is InChI=1S/C13H13ClN2O2/c14-8-1-3-9(4-2-8)15-11-7-12(17)16(13(11)18)10-5-6-10/h1-4,10-11,15H,5-7H2. The monoisotopic (exact) mass is 264 g/mol. The van der Waals surface area contributed by atoms with Crippen molar-refractivity contribution in [1.82, 2.24) is 4.90 Å². The molecular formula is C13H13ClN2O2. The Hall–Kier alpha value is -1.55. The molecule has 2 amide bonds. The van der Waals surface area contributed by atoms with Gasteiger partial charge < -0.3 is 5.32 Å². The Morgan fingerprint density at radius 1 is 1.17 bits per heavy atom. The lowest BCUT2D eigenvalue weighted by Crippen LogP contribution is -2.36. The van der Waals surface area contributed by atoms with Crippen molar-refractivity contribution < 1.29 is 9.59 Å². The molecule has 4 nitrogen and oxygen atoms in total. The van der Waals surface area contributed by atoms with Gasteiger partial charge in [0.2, 0.25) is 5.91 Å². The first-order chi connectivity index (χ1) is 8.65. The summed E-state index contributed by atoms with van der Waals surface area (Å²) >= 11 is 5.80. The van der Waals surface area contributed by atoms with E-state index in [0.29, 0.717) is 5.02 Å². The molecule has 1 atom stereocenters. The SMILES string of the molecule is O=C1CC(Nc2ccc(Cl)cc2)C(=O)N1C1CC1. The highest BCUT2D eigenvalue weighted by Crippen LogP contribution is 2.32. The van der Waals surface area contributed by atoms with Crippen molar-refractivity contribution in [2.24, 2.45) is 0 Å². The van der Waals surface area contributed by atoms with Crippen molar-refractivity contribution in [2.45, 2.75) is 31.3 Å². The molecule has 1 unspecified atom stereocenters. The summed E-state index contributed by atoms with van der Waals surface area (Å²) in [5.74, 6) is -0.161. The molecule has 1 aromatic rings. The van der Waals surface area contributed by atoms with Crippen LogP contribution in [0.5, 0.6) is 0 Å². The predicted molar refractivity (Wildman–Crippen MR) is 68.4 cm³/mol. The molecule has 1 saturated heterocycles. The summed E-state index contributed by atoms with van der Waals surface area (Å²) < 4.78 is 0. The van der Waals surface area contributed by atoms with Gasteiger partial charge in [-0.2, -0.15) is 0 Å². The van der Waals surface area contributed by atoms with Gasteiger partial charge in [-0.3, -0.25) is 14.5 Å². The lowest BCUT2D eigenvalue weighted by Gasteiger charge is -2.15. The highest BCUT2D eigenvalue weighted by atomic mass is 35.5. The molecule has 94 valence electrons. The zero-order valence-electron chi connectivity index (χ0n) is 9.73. The van der Waals surface area contributed by atoms with Gasteiger partial charge in [0.25, 0.3) is 5.91 Å². The molecule has 18 heavy (non-hydrogen) atoms. The number of nitrogens with one attached hydrogen (secondary N) is 1. The maximum absolute atomic E-state index is 12.1. The molecule has 1 saturated carbocycles. The number of hydrogen-bond acceptors (Lipinski definition) is 3. The molecule has 2 aliphatic rings. The number of anilines is 1. The van der Waals surface area contributed by atoms with Crippen molar-refractivity contribution in [2.75, 3.05) is 5.32 Å². The third-order valence-corrected chi connectivity index (χ3v) is 3.53. The van der Waals surface area contributed by atoms with Crippen LogP contribution in [-0.4, -0.2) is 28.8 Å². The topological polar surface area (TPSA) is 49.4 Å². The Morgan fingerprint density at radius 3 is 2.44 bits per heavy atom. The predicted octanol–water partition coefficient (Wildman–Crippen LogP) is 2.04. The number of halogens is 1. The first-order valence-corrected chi connectivity index (χ1v) is 6.41. The minimum Gasteiger partial charge on any atom is -0.373 e. The largest absolute Gasteiger partial charge is 0.373 e. The van der Waals surface area contributed by atoms with Crippen molar-refractivity contribution in [3.05, 3.63) is 29.3 Å². The van der Waals surface area contributed by atoms with Crippen LogP contribution < -0.4 is 5.32 Å². The number of amides is 2. The normalized spacial score (nSPS) is 23.6. The summed E-state index contributed by atoms with van der Waals surface area (Å²) in [6, 6.07) is 6.84. The highest BCUT2D eigenvalue weighted by Gasteiger charge is 2.45. The molecule has 2 fully saturated rings. The average Bonchev–Trinajstić information content (AvgIpc) is 3.12. The van der Waals surface area contributed by atoms with Crippen LogP contribution in [0.4, 0.5) is 5.69 Å². The zero-order valence-corrected chi connectivity index (χ0v) is 10.5. The van der Waals surface area contributed by atoms with Gasteiger partial charge in [-0.25, -0.2) is 0 Å². The van der Waals surface area contributed by atoms with E-state index >= 15 is 0 Å². The molecular weight excluding hydrogens is 252 g/mol. The average molecular weight is 265 g/mol. The van der Waals surface area contributed by atoms with Gasteiger partial charge in [0.1, 0.15) is 6.04 Å². The summed E-state index contributed by atoms with van der Waals surface area (Å²) in [5, 5.41) is 3.74. The number of likely N-dealkylation sites (tertiary alicyclic amines) is 1. The van der Waals surface area contributed by atoms with E-state index < -0.39 is 6.04 Å². The number of carbonyl (C=O) groups is 2. The highest BCUT2D eigenvalue weighted by molar-refractivity contribution is 6.30. The molecule has 0 spiro atoms. The van der Waals surface area contributed by atoms with Crippen LogP contribution in [0.25, 0.3) is 0 Å². The van der Waals surface area contributed by atoms with Crippen molar-refractivity contribution >= 4 is 29.1 Å². The molecule has 1 aliphatic carbocycles. The van der Waals surface area contributed by atoms with E-state index in [2.05, 4.69) is 5.32 Å². The Kier molecular flexibility index (Phi) is 2.74. The fraction of sp³-hybridized carbons (Fsp3) is 0.385. The van der Waals surface area contributed by atoms with E-state index in [1.54, 1.807) is 24.3 Å². The van der Waals surface area contributed by atoms with Crippen molar-refractivity contribution in [1.29, 1.82) is 0 Å². The van der Waals surface area contributed by atoms with Crippen LogP contribution in [0.15, 0.2) is 24.3 Å². The van der Waals surface area contributed by atoms with E-state index in [9.17, 15) is 9.59 Å². The maximum atomic E-state index is 12.1.